The summed E-state index contributed by atoms with van der Waals surface area (Å²) in [7, 11) is 0. The summed E-state index contributed by atoms with van der Waals surface area (Å²) >= 11 is 3.02. The fourth-order valence-electron chi connectivity index (χ4n) is 3.68. The molecule has 3 aromatic carbocycles. The number of carbonyl (C=O) groups is 3. The van der Waals surface area contributed by atoms with Crippen LogP contribution in [0.4, 0.5) is 10.5 Å². The van der Waals surface area contributed by atoms with Crippen LogP contribution in [0.3, 0.4) is 0 Å². The number of amides is 3. The number of carbonyl (C=O) groups excluding carboxylic acids is 3. The first-order chi connectivity index (χ1) is 17.9. The molecule has 1 N–H and O–H groups in total. The SMILES string of the molecule is CCOc1cc(/C=C2\SC(=O)N(Cc3ccccc3C)C2=O)cc(I)c1OCC(=O)Nc1ccccc1. The topological polar surface area (TPSA) is 84.9 Å². The molecule has 3 aromatic rings. The van der Waals surface area contributed by atoms with E-state index in [1.54, 1.807) is 24.3 Å². The Kier molecular flexibility index (Phi) is 8.88. The zero-order chi connectivity index (χ0) is 26.4. The molecule has 1 saturated heterocycles. The molecule has 4 rings (SSSR count). The molecular weight excluding hydrogens is 603 g/mol. The Morgan fingerprint density at radius 3 is 2.51 bits per heavy atom. The summed E-state index contributed by atoms with van der Waals surface area (Å²) in [6, 6.07) is 20.4. The Bertz CT molecular complexity index is 1360. The number of hydrogen-bond acceptors (Lipinski definition) is 6. The molecule has 0 aliphatic carbocycles. The minimum atomic E-state index is -0.330. The molecule has 0 saturated carbocycles. The molecule has 0 aromatic heterocycles. The standard InChI is InChI=1S/C28H25IN2O5S/c1-3-35-23-14-19(13-22(29)26(23)36-17-25(32)30-21-11-5-4-6-12-21)15-24-27(33)31(28(34)37-24)16-20-10-8-7-9-18(20)2/h4-15H,3,16-17H2,1-2H3,(H,30,32)/b24-15-. The van der Waals surface area contributed by atoms with Gasteiger partial charge in [-0.3, -0.25) is 19.3 Å². The molecule has 3 amide bonds. The number of nitrogens with zero attached hydrogens (tertiary/aromatic N) is 1. The van der Waals surface area contributed by atoms with Crippen LogP contribution in [0.2, 0.25) is 0 Å². The lowest BCUT2D eigenvalue weighted by molar-refractivity contribution is -0.123. The van der Waals surface area contributed by atoms with Crippen molar-refractivity contribution in [3.63, 3.8) is 0 Å². The average Bonchev–Trinajstić information content (AvgIpc) is 3.13. The van der Waals surface area contributed by atoms with Crippen LogP contribution >= 0.6 is 34.4 Å². The molecule has 0 radical (unpaired) electrons. The van der Waals surface area contributed by atoms with Gasteiger partial charge in [-0.1, -0.05) is 42.5 Å². The normalized spacial score (nSPS) is 14.2. The van der Waals surface area contributed by atoms with E-state index in [0.29, 0.717) is 37.8 Å². The number of aryl methyl sites for hydroxylation is 1. The first-order valence-electron chi connectivity index (χ1n) is 11.6. The fraction of sp³-hybridized carbons (Fsp3) is 0.179. The molecule has 190 valence electrons. The monoisotopic (exact) mass is 628 g/mol. The van der Waals surface area contributed by atoms with Gasteiger partial charge in [0.05, 0.1) is 21.6 Å². The maximum absolute atomic E-state index is 13.0. The molecule has 9 heteroatoms. The van der Waals surface area contributed by atoms with Crippen LogP contribution in [0.5, 0.6) is 11.5 Å². The molecule has 37 heavy (non-hydrogen) atoms. The van der Waals surface area contributed by atoms with Crippen molar-refractivity contribution in [1.82, 2.24) is 4.90 Å². The van der Waals surface area contributed by atoms with Crippen LogP contribution in [0.1, 0.15) is 23.6 Å². The van der Waals surface area contributed by atoms with E-state index < -0.39 is 0 Å². The molecule has 0 atom stereocenters. The van der Waals surface area contributed by atoms with Crippen molar-refractivity contribution in [2.24, 2.45) is 0 Å². The molecule has 0 unspecified atom stereocenters. The number of para-hydroxylation sites is 1. The number of thioether (sulfide) groups is 1. The fourth-order valence-corrected chi connectivity index (χ4v) is 5.30. The Labute approximate surface area is 233 Å². The highest BCUT2D eigenvalue weighted by Crippen LogP contribution is 2.38. The van der Waals surface area contributed by atoms with E-state index in [2.05, 4.69) is 27.9 Å². The van der Waals surface area contributed by atoms with E-state index in [1.807, 2.05) is 62.4 Å². The van der Waals surface area contributed by atoms with Crippen molar-refractivity contribution in [3.05, 3.63) is 91.9 Å². The summed E-state index contributed by atoms with van der Waals surface area (Å²) in [6.07, 6.45) is 1.68. The van der Waals surface area contributed by atoms with Gasteiger partial charge in [0.1, 0.15) is 0 Å². The quantitative estimate of drug-likeness (QED) is 0.223. The van der Waals surface area contributed by atoms with Gasteiger partial charge in [0.2, 0.25) is 0 Å². The van der Waals surface area contributed by atoms with Crippen molar-refractivity contribution in [2.45, 2.75) is 20.4 Å². The van der Waals surface area contributed by atoms with Crippen molar-refractivity contribution < 1.29 is 23.9 Å². The third kappa shape index (κ3) is 6.72. The highest BCUT2D eigenvalue weighted by atomic mass is 127. The minimum Gasteiger partial charge on any atom is -0.490 e. The Hall–Kier alpha value is -3.31. The molecule has 7 nitrogen and oxygen atoms in total. The van der Waals surface area contributed by atoms with E-state index in [4.69, 9.17) is 9.47 Å². The van der Waals surface area contributed by atoms with Gasteiger partial charge in [0, 0.05) is 5.69 Å². The Morgan fingerprint density at radius 1 is 1.05 bits per heavy atom. The highest BCUT2D eigenvalue weighted by molar-refractivity contribution is 14.1. The lowest BCUT2D eigenvalue weighted by Crippen LogP contribution is -2.27. The highest BCUT2D eigenvalue weighted by Gasteiger charge is 2.35. The summed E-state index contributed by atoms with van der Waals surface area (Å²) < 4.78 is 12.3. The average molecular weight is 628 g/mol. The Morgan fingerprint density at radius 2 is 1.78 bits per heavy atom. The second-order valence-corrected chi connectivity index (χ2v) is 10.3. The van der Waals surface area contributed by atoms with E-state index in [0.717, 1.165) is 22.9 Å². The van der Waals surface area contributed by atoms with Crippen LogP contribution in [0.15, 0.2) is 71.6 Å². The molecule has 0 bridgehead atoms. The van der Waals surface area contributed by atoms with E-state index >= 15 is 0 Å². The molecule has 0 spiro atoms. The molecule has 1 heterocycles. The third-order valence-electron chi connectivity index (χ3n) is 5.50. The number of rotatable bonds is 9. The van der Waals surface area contributed by atoms with Crippen molar-refractivity contribution in [1.29, 1.82) is 0 Å². The second kappa shape index (κ2) is 12.3. The first-order valence-corrected chi connectivity index (χ1v) is 13.5. The van der Waals surface area contributed by atoms with Gasteiger partial charge < -0.3 is 14.8 Å². The lowest BCUT2D eigenvalue weighted by Gasteiger charge is -2.15. The summed E-state index contributed by atoms with van der Waals surface area (Å²) in [5.41, 5.74) is 3.32. The lowest BCUT2D eigenvalue weighted by atomic mass is 10.1. The van der Waals surface area contributed by atoms with Gasteiger partial charge in [-0.05, 0) is 95.2 Å². The van der Waals surface area contributed by atoms with Crippen molar-refractivity contribution in [3.8, 4) is 11.5 Å². The number of benzene rings is 3. The maximum Gasteiger partial charge on any atom is 0.293 e. The largest absolute Gasteiger partial charge is 0.490 e. The third-order valence-corrected chi connectivity index (χ3v) is 7.21. The predicted octanol–water partition coefficient (Wildman–Crippen LogP) is 6.25. The van der Waals surface area contributed by atoms with Gasteiger partial charge in [0.25, 0.3) is 17.1 Å². The predicted molar refractivity (Wildman–Crippen MR) is 154 cm³/mol. The van der Waals surface area contributed by atoms with E-state index in [1.165, 1.54) is 4.90 Å². The summed E-state index contributed by atoms with van der Waals surface area (Å²) in [5.74, 6) is 0.266. The first kappa shape index (κ1) is 26.7. The van der Waals surface area contributed by atoms with Gasteiger partial charge in [0.15, 0.2) is 18.1 Å². The zero-order valence-electron chi connectivity index (χ0n) is 20.3. The van der Waals surface area contributed by atoms with E-state index in [-0.39, 0.29) is 30.2 Å². The van der Waals surface area contributed by atoms with Crippen LogP contribution in [0, 0.1) is 10.5 Å². The van der Waals surface area contributed by atoms with Crippen molar-refractivity contribution in [2.75, 3.05) is 18.5 Å². The Balaban J connectivity index is 1.50. The van der Waals surface area contributed by atoms with Crippen LogP contribution < -0.4 is 14.8 Å². The number of nitrogens with one attached hydrogen (secondary N) is 1. The molecule has 1 aliphatic heterocycles. The second-order valence-electron chi connectivity index (χ2n) is 8.16. The number of imide groups is 1. The number of anilines is 1. The van der Waals surface area contributed by atoms with Crippen LogP contribution in [-0.4, -0.2) is 35.2 Å². The van der Waals surface area contributed by atoms with Crippen LogP contribution in [-0.2, 0) is 16.1 Å². The summed E-state index contributed by atoms with van der Waals surface area (Å²) in [5, 5.41) is 2.48. The number of hydrogen-bond donors (Lipinski definition) is 1. The molecule has 1 aliphatic rings. The summed E-state index contributed by atoms with van der Waals surface area (Å²) in [6.45, 7) is 4.23. The van der Waals surface area contributed by atoms with Gasteiger partial charge in [-0.25, -0.2) is 0 Å². The zero-order valence-corrected chi connectivity index (χ0v) is 23.3. The van der Waals surface area contributed by atoms with Crippen LogP contribution in [0.25, 0.3) is 6.08 Å². The number of ether oxygens (including phenoxy) is 2. The molecular formula is C28H25IN2O5S. The van der Waals surface area contributed by atoms with E-state index in [9.17, 15) is 14.4 Å². The van der Waals surface area contributed by atoms with Gasteiger partial charge in [-0.15, -0.1) is 0 Å². The van der Waals surface area contributed by atoms with Gasteiger partial charge >= 0.3 is 0 Å². The minimum absolute atomic E-state index is 0.192. The maximum atomic E-state index is 13.0. The van der Waals surface area contributed by atoms with Crippen molar-refractivity contribution >= 4 is 63.2 Å². The van der Waals surface area contributed by atoms with Gasteiger partial charge in [-0.2, -0.15) is 0 Å². The smallest absolute Gasteiger partial charge is 0.293 e. The number of halogens is 1. The summed E-state index contributed by atoms with van der Waals surface area (Å²) in [4.78, 5) is 39.6. The molecule has 1 fully saturated rings.